The first-order valence-corrected chi connectivity index (χ1v) is 11.9. The normalized spacial score (nSPS) is 20.2. The Balaban J connectivity index is 1.35. The monoisotopic (exact) mass is 437 g/mol. The number of carbonyl (C=O) groups excluding carboxylic acids is 1. The molecule has 7 nitrogen and oxygen atoms in total. The van der Waals surface area contributed by atoms with Gasteiger partial charge in [0.25, 0.3) is 5.91 Å². The molecule has 2 N–H and O–H groups in total. The third-order valence-corrected chi connectivity index (χ3v) is 6.41. The Morgan fingerprint density at radius 1 is 1.06 bits per heavy atom. The minimum atomic E-state index is -0.0564. The second kappa shape index (κ2) is 10.2. The lowest BCUT2D eigenvalue weighted by atomic mass is 9.91. The van der Waals surface area contributed by atoms with Gasteiger partial charge >= 0.3 is 0 Å². The Morgan fingerprint density at radius 3 is 2.53 bits per heavy atom. The highest BCUT2D eigenvalue weighted by Gasteiger charge is 2.25. The maximum Gasteiger partial charge on any atom is 0.255 e. The molecule has 32 heavy (non-hydrogen) atoms. The molecule has 1 aromatic heterocycles. The molecule has 1 saturated carbocycles. The van der Waals surface area contributed by atoms with Gasteiger partial charge in [-0.1, -0.05) is 12.1 Å². The summed E-state index contributed by atoms with van der Waals surface area (Å²) in [6.07, 6.45) is 8.36. The predicted octanol–water partition coefficient (Wildman–Crippen LogP) is 3.97. The summed E-state index contributed by atoms with van der Waals surface area (Å²) in [7, 11) is 4.11. The number of aromatic nitrogens is 2. The maximum atomic E-state index is 12.8. The summed E-state index contributed by atoms with van der Waals surface area (Å²) in [6, 6.07) is 7.94. The Hall–Kier alpha value is -2.83. The fourth-order valence-electron chi connectivity index (χ4n) is 4.77. The van der Waals surface area contributed by atoms with E-state index in [9.17, 15) is 4.79 Å². The Labute approximate surface area is 191 Å². The average Bonchev–Trinajstić information content (AvgIpc) is 2.80. The highest BCUT2D eigenvalue weighted by Crippen LogP contribution is 2.29. The van der Waals surface area contributed by atoms with Crippen LogP contribution in [0.15, 0.2) is 24.3 Å². The average molecular weight is 438 g/mol. The molecule has 1 aromatic carbocycles. The van der Waals surface area contributed by atoms with E-state index in [2.05, 4.69) is 29.6 Å². The summed E-state index contributed by atoms with van der Waals surface area (Å²) in [5, 5.41) is 6.77. The number of rotatable bonds is 7. The van der Waals surface area contributed by atoms with Gasteiger partial charge in [0, 0.05) is 31.7 Å². The van der Waals surface area contributed by atoms with Gasteiger partial charge in [0.2, 0.25) is 5.95 Å². The second-order valence-electron chi connectivity index (χ2n) is 8.99. The number of fused-ring (bicyclic) bond motifs is 1. The lowest BCUT2D eigenvalue weighted by molar-refractivity contribution is 0.0922. The molecule has 2 aromatic rings. The molecule has 0 radical (unpaired) electrons. The summed E-state index contributed by atoms with van der Waals surface area (Å²) >= 11 is 0. The van der Waals surface area contributed by atoms with Crippen LogP contribution in [-0.4, -0.2) is 48.7 Å². The zero-order valence-corrected chi connectivity index (χ0v) is 19.5. The third kappa shape index (κ3) is 5.14. The van der Waals surface area contributed by atoms with Gasteiger partial charge in [-0.25, -0.2) is 4.98 Å². The standard InChI is InChI=1S/C25H35N5O2/c1-4-32-22-12-8-6-10-20(22)24(31)26-17-13-15-18(16-14-17)27-25-28-21-11-7-5-9-19(21)23(29-25)30(2)3/h6,8,10,12,17-18H,4-5,7,9,11,13-16H2,1-3H3,(H,26,31)(H,27,28,29)/t17-,18+. The van der Waals surface area contributed by atoms with Gasteiger partial charge in [0.05, 0.1) is 17.9 Å². The molecule has 2 aliphatic carbocycles. The van der Waals surface area contributed by atoms with Crippen LogP contribution in [0, 0.1) is 0 Å². The van der Waals surface area contributed by atoms with E-state index in [0.717, 1.165) is 50.3 Å². The number of anilines is 2. The SMILES string of the molecule is CCOc1ccccc1C(=O)N[C@H]1CC[C@@H](Nc2nc3c(c(N(C)C)n2)CCCC3)CC1. The van der Waals surface area contributed by atoms with Crippen molar-refractivity contribution >= 4 is 17.7 Å². The van der Waals surface area contributed by atoms with Gasteiger partial charge in [-0.15, -0.1) is 0 Å². The van der Waals surface area contributed by atoms with Crippen LogP contribution in [0.4, 0.5) is 11.8 Å². The van der Waals surface area contributed by atoms with Crippen LogP contribution in [0.3, 0.4) is 0 Å². The fourth-order valence-corrected chi connectivity index (χ4v) is 4.77. The van der Waals surface area contributed by atoms with E-state index in [1.165, 1.54) is 24.1 Å². The van der Waals surface area contributed by atoms with E-state index in [-0.39, 0.29) is 11.9 Å². The number of amides is 1. The van der Waals surface area contributed by atoms with Crippen molar-refractivity contribution in [1.29, 1.82) is 0 Å². The van der Waals surface area contributed by atoms with Crippen LogP contribution in [0.2, 0.25) is 0 Å². The molecule has 4 rings (SSSR count). The van der Waals surface area contributed by atoms with Crippen molar-refractivity contribution in [2.75, 3.05) is 30.9 Å². The first-order valence-electron chi connectivity index (χ1n) is 11.9. The van der Waals surface area contributed by atoms with E-state index >= 15 is 0 Å². The van der Waals surface area contributed by atoms with Gasteiger partial charge in [-0.3, -0.25) is 4.79 Å². The molecular formula is C25H35N5O2. The molecule has 7 heteroatoms. The molecule has 0 saturated heterocycles. The first kappa shape index (κ1) is 22.4. The number of para-hydroxylation sites is 1. The Bertz CT molecular complexity index is 938. The van der Waals surface area contributed by atoms with E-state index in [1.54, 1.807) is 0 Å². The highest BCUT2D eigenvalue weighted by atomic mass is 16.5. The predicted molar refractivity (Wildman–Crippen MR) is 128 cm³/mol. The van der Waals surface area contributed by atoms with E-state index in [4.69, 9.17) is 14.7 Å². The van der Waals surface area contributed by atoms with E-state index < -0.39 is 0 Å². The largest absolute Gasteiger partial charge is 0.493 e. The Morgan fingerprint density at radius 2 is 1.78 bits per heavy atom. The smallest absolute Gasteiger partial charge is 0.255 e. The zero-order valence-electron chi connectivity index (χ0n) is 19.5. The molecule has 2 aliphatic rings. The molecule has 1 amide bonds. The molecule has 0 spiro atoms. The van der Waals surface area contributed by atoms with Crippen molar-refractivity contribution in [3.63, 3.8) is 0 Å². The summed E-state index contributed by atoms with van der Waals surface area (Å²) in [6.45, 7) is 2.47. The minimum Gasteiger partial charge on any atom is -0.493 e. The highest BCUT2D eigenvalue weighted by molar-refractivity contribution is 5.97. The van der Waals surface area contributed by atoms with Crippen LogP contribution in [0.1, 0.15) is 67.1 Å². The maximum absolute atomic E-state index is 12.8. The first-order chi connectivity index (χ1) is 15.5. The fraction of sp³-hybridized carbons (Fsp3) is 0.560. The molecule has 1 fully saturated rings. The van der Waals surface area contributed by atoms with Crippen molar-refractivity contribution < 1.29 is 9.53 Å². The van der Waals surface area contributed by atoms with Gasteiger partial charge in [-0.2, -0.15) is 4.98 Å². The number of hydrogen-bond acceptors (Lipinski definition) is 6. The van der Waals surface area contributed by atoms with Gasteiger partial charge in [0.1, 0.15) is 11.6 Å². The lowest BCUT2D eigenvalue weighted by Crippen LogP contribution is -2.40. The third-order valence-electron chi connectivity index (χ3n) is 6.41. The topological polar surface area (TPSA) is 79.4 Å². The molecule has 0 aliphatic heterocycles. The number of benzene rings is 1. The molecule has 0 unspecified atom stereocenters. The van der Waals surface area contributed by atoms with Gasteiger partial charge in [-0.05, 0) is 70.4 Å². The molecule has 0 bridgehead atoms. The number of hydrogen-bond donors (Lipinski definition) is 2. The minimum absolute atomic E-state index is 0.0564. The van der Waals surface area contributed by atoms with Gasteiger partial charge in [0.15, 0.2) is 0 Å². The number of nitrogens with zero attached hydrogens (tertiary/aromatic N) is 3. The quantitative estimate of drug-likeness (QED) is 0.682. The van der Waals surface area contributed by atoms with Crippen molar-refractivity contribution in [2.24, 2.45) is 0 Å². The van der Waals surface area contributed by atoms with Crippen molar-refractivity contribution in [3.8, 4) is 5.75 Å². The van der Waals surface area contributed by atoms with Crippen LogP contribution in [0.25, 0.3) is 0 Å². The van der Waals surface area contributed by atoms with Crippen LogP contribution in [0.5, 0.6) is 5.75 Å². The van der Waals surface area contributed by atoms with Crippen LogP contribution in [-0.2, 0) is 12.8 Å². The van der Waals surface area contributed by atoms with Crippen LogP contribution < -0.4 is 20.3 Å². The van der Waals surface area contributed by atoms with E-state index in [1.807, 2.05) is 31.2 Å². The lowest BCUT2D eigenvalue weighted by Gasteiger charge is -2.30. The number of nitrogens with one attached hydrogen (secondary N) is 2. The van der Waals surface area contributed by atoms with Crippen LogP contribution >= 0.6 is 0 Å². The van der Waals surface area contributed by atoms with E-state index in [0.29, 0.717) is 24.0 Å². The number of carbonyl (C=O) groups is 1. The summed E-state index contributed by atoms with van der Waals surface area (Å²) < 4.78 is 5.61. The summed E-state index contributed by atoms with van der Waals surface area (Å²) in [5.74, 6) is 2.38. The molecular weight excluding hydrogens is 402 g/mol. The van der Waals surface area contributed by atoms with Crippen molar-refractivity contribution in [3.05, 3.63) is 41.1 Å². The van der Waals surface area contributed by atoms with Crippen molar-refractivity contribution in [1.82, 2.24) is 15.3 Å². The number of aryl methyl sites for hydroxylation is 1. The summed E-state index contributed by atoms with van der Waals surface area (Å²) in [5.41, 5.74) is 3.12. The van der Waals surface area contributed by atoms with Crippen molar-refractivity contribution in [2.45, 2.75) is 70.4 Å². The molecule has 1 heterocycles. The second-order valence-corrected chi connectivity index (χ2v) is 8.99. The van der Waals surface area contributed by atoms with Gasteiger partial charge < -0.3 is 20.3 Å². The Kier molecular flexibility index (Phi) is 7.12. The summed E-state index contributed by atoms with van der Waals surface area (Å²) in [4.78, 5) is 24.6. The number of ether oxygens (including phenoxy) is 1. The zero-order chi connectivity index (χ0) is 22.5. The molecule has 0 atom stereocenters. The molecule has 172 valence electrons.